The summed E-state index contributed by atoms with van der Waals surface area (Å²) in [5, 5.41) is 6.73. The van der Waals surface area contributed by atoms with E-state index in [4.69, 9.17) is 0 Å². The van der Waals surface area contributed by atoms with Crippen molar-refractivity contribution in [3.63, 3.8) is 0 Å². The number of nitrogens with zero attached hydrogens (tertiary/aromatic N) is 1. The Hall–Kier alpha value is -2.47. The number of anilines is 1. The summed E-state index contributed by atoms with van der Waals surface area (Å²) in [5.41, 5.74) is 6.12. The van der Waals surface area contributed by atoms with E-state index in [1.807, 2.05) is 56.3 Å². The number of carbonyl (C=O) groups is 2. The molecule has 0 fully saturated rings. The first-order valence-corrected chi connectivity index (χ1v) is 8.68. The fourth-order valence-electron chi connectivity index (χ4n) is 2.13. The second-order valence-corrected chi connectivity index (χ2v) is 6.63. The molecule has 2 amide bonds. The molecule has 0 aliphatic carbocycles. The first-order valence-electron chi connectivity index (χ1n) is 7.88. The highest BCUT2D eigenvalue weighted by atomic mass is 79.9. The lowest BCUT2D eigenvalue weighted by molar-refractivity contribution is -0.124. The van der Waals surface area contributed by atoms with Crippen molar-refractivity contribution in [2.75, 3.05) is 5.32 Å². The lowest BCUT2D eigenvalue weighted by atomic mass is 10.1. The number of hydrazone groups is 1. The monoisotopic (exact) mass is 401 g/mol. The molecular weight excluding hydrogens is 382 g/mol. The fraction of sp³-hybridized carbons (Fsp3) is 0.211. The van der Waals surface area contributed by atoms with Gasteiger partial charge < -0.3 is 5.32 Å². The van der Waals surface area contributed by atoms with Crippen molar-refractivity contribution in [3.8, 4) is 0 Å². The van der Waals surface area contributed by atoms with Gasteiger partial charge in [0.2, 0.25) is 11.8 Å². The van der Waals surface area contributed by atoms with Crippen LogP contribution in [0, 0.1) is 13.8 Å². The summed E-state index contributed by atoms with van der Waals surface area (Å²) < 4.78 is 0.936. The minimum atomic E-state index is -0.303. The molecule has 2 rings (SSSR count). The smallest absolute Gasteiger partial charge is 0.240 e. The summed E-state index contributed by atoms with van der Waals surface area (Å²) in [7, 11) is 0. The fourth-order valence-corrected chi connectivity index (χ4v) is 2.55. The highest BCUT2D eigenvalue weighted by Gasteiger charge is 2.08. The van der Waals surface area contributed by atoms with Gasteiger partial charge in [0.15, 0.2) is 0 Å². The molecule has 0 bridgehead atoms. The average molecular weight is 402 g/mol. The molecule has 0 spiro atoms. The van der Waals surface area contributed by atoms with Crippen LogP contribution in [-0.2, 0) is 9.59 Å². The Labute approximate surface area is 155 Å². The zero-order valence-electron chi connectivity index (χ0n) is 14.2. The first-order chi connectivity index (χ1) is 11.9. The second-order valence-electron chi connectivity index (χ2n) is 5.71. The second kappa shape index (κ2) is 9.13. The molecule has 5 nitrogen and oxygen atoms in total. The van der Waals surface area contributed by atoms with Gasteiger partial charge >= 0.3 is 0 Å². The van der Waals surface area contributed by atoms with E-state index in [1.165, 1.54) is 0 Å². The molecule has 0 aromatic heterocycles. The first kappa shape index (κ1) is 18.9. The Kier molecular flexibility index (Phi) is 6.89. The van der Waals surface area contributed by atoms with Crippen molar-refractivity contribution < 1.29 is 9.59 Å². The third-order valence-electron chi connectivity index (χ3n) is 3.50. The predicted octanol–water partition coefficient (Wildman–Crippen LogP) is 3.93. The molecule has 2 aromatic rings. The number of hydrogen-bond donors (Lipinski definition) is 2. The highest BCUT2D eigenvalue weighted by Crippen LogP contribution is 2.16. The van der Waals surface area contributed by atoms with Crippen LogP contribution in [0.4, 0.5) is 5.69 Å². The molecule has 0 aliphatic rings. The van der Waals surface area contributed by atoms with E-state index in [0.29, 0.717) is 0 Å². The van der Waals surface area contributed by atoms with Gasteiger partial charge in [-0.2, -0.15) is 5.10 Å². The van der Waals surface area contributed by atoms with Crippen molar-refractivity contribution >= 4 is 39.6 Å². The summed E-state index contributed by atoms with van der Waals surface area (Å²) in [4.78, 5) is 23.7. The lowest BCUT2D eigenvalue weighted by Gasteiger charge is -2.09. The molecule has 0 saturated heterocycles. The Morgan fingerprint density at radius 1 is 1.08 bits per heavy atom. The Balaban J connectivity index is 1.77. The van der Waals surface area contributed by atoms with Gasteiger partial charge in [0.25, 0.3) is 0 Å². The Bertz CT molecular complexity index is 803. The Morgan fingerprint density at radius 2 is 1.84 bits per heavy atom. The zero-order chi connectivity index (χ0) is 18.2. The number of hydrogen-bond acceptors (Lipinski definition) is 3. The lowest BCUT2D eigenvalue weighted by Crippen LogP contribution is -2.20. The van der Waals surface area contributed by atoms with Crippen LogP contribution in [0.3, 0.4) is 0 Å². The van der Waals surface area contributed by atoms with Crippen LogP contribution in [0.2, 0.25) is 0 Å². The molecule has 0 saturated carbocycles. The van der Waals surface area contributed by atoms with Crippen molar-refractivity contribution in [3.05, 3.63) is 63.6 Å². The summed E-state index contributed by atoms with van der Waals surface area (Å²) >= 11 is 3.37. The van der Waals surface area contributed by atoms with Gasteiger partial charge in [-0.1, -0.05) is 40.2 Å². The quantitative estimate of drug-likeness (QED) is 0.568. The average Bonchev–Trinajstić information content (AvgIpc) is 2.56. The number of halogens is 1. The maximum absolute atomic E-state index is 12.0. The van der Waals surface area contributed by atoms with E-state index in [9.17, 15) is 9.59 Å². The maximum Gasteiger partial charge on any atom is 0.240 e. The molecule has 0 aliphatic heterocycles. The number of carbonyl (C=O) groups excluding carboxylic acids is 2. The third kappa shape index (κ3) is 6.51. The van der Waals surface area contributed by atoms with Gasteiger partial charge in [0.1, 0.15) is 0 Å². The number of nitrogens with one attached hydrogen (secondary N) is 2. The van der Waals surface area contributed by atoms with Gasteiger partial charge in [0.05, 0.1) is 6.21 Å². The minimum Gasteiger partial charge on any atom is -0.326 e. The largest absolute Gasteiger partial charge is 0.326 e. The molecule has 25 heavy (non-hydrogen) atoms. The van der Waals surface area contributed by atoms with Gasteiger partial charge in [-0.15, -0.1) is 0 Å². The molecule has 2 aromatic carbocycles. The standard InChI is InChI=1S/C19H20BrN3O2/c1-13-6-7-14(2)17(10-13)22-18(24)8-9-19(25)23-21-12-15-4-3-5-16(20)11-15/h3-7,10-12H,8-9H2,1-2H3,(H,22,24)(H,23,25). The predicted molar refractivity (Wildman–Crippen MR) is 104 cm³/mol. The van der Waals surface area contributed by atoms with E-state index in [1.54, 1.807) is 6.21 Å². The van der Waals surface area contributed by atoms with Crippen molar-refractivity contribution in [2.24, 2.45) is 5.10 Å². The van der Waals surface area contributed by atoms with Gasteiger partial charge in [-0.25, -0.2) is 5.43 Å². The normalized spacial score (nSPS) is 10.7. The third-order valence-corrected chi connectivity index (χ3v) is 3.99. The number of benzene rings is 2. The van der Waals surface area contributed by atoms with Crippen LogP contribution in [0.1, 0.15) is 29.5 Å². The van der Waals surface area contributed by atoms with E-state index in [-0.39, 0.29) is 24.7 Å². The summed E-state index contributed by atoms with van der Waals surface area (Å²) in [6.07, 6.45) is 1.73. The molecule has 2 N–H and O–H groups in total. The van der Waals surface area contributed by atoms with Crippen LogP contribution in [0.25, 0.3) is 0 Å². The van der Waals surface area contributed by atoms with E-state index in [0.717, 1.165) is 26.9 Å². The van der Waals surface area contributed by atoms with Crippen LogP contribution in [0.5, 0.6) is 0 Å². The van der Waals surface area contributed by atoms with E-state index < -0.39 is 0 Å². The SMILES string of the molecule is Cc1ccc(C)c(NC(=O)CCC(=O)NN=Cc2cccc(Br)c2)c1. The maximum atomic E-state index is 12.0. The van der Waals surface area contributed by atoms with Gasteiger partial charge in [0, 0.05) is 23.0 Å². The molecule has 130 valence electrons. The van der Waals surface area contributed by atoms with Crippen molar-refractivity contribution in [2.45, 2.75) is 26.7 Å². The van der Waals surface area contributed by atoms with Crippen LogP contribution < -0.4 is 10.7 Å². The number of rotatable bonds is 6. The van der Waals surface area contributed by atoms with Crippen LogP contribution in [-0.4, -0.2) is 18.0 Å². The summed E-state index contributed by atoms with van der Waals surface area (Å²) in [6.45, 7) is 3.89. The number of amides is 2. The van der Waals surface area contributed by atoms with Crippen LogP contribution >= 0.6 is 15.9 Å². The van der Waals surface area contributed by atoms with Gasteiger partial charge in [-0.3, -0.25) is 9.59 Å². The molecular formula is C19H20BrN3O2. The summed E-state index contributed by atoms with van der Waals surface area (Å²) in [6, 6.07) is 13.4. The molecule has 0 unspecified atom stereocenters. The topological polar surface area (TPSA) is 70.6 Å². The summed E-state index contributed by atoms with van der Waals surface area (Å²) in [5.74, 6) is -0.498. The molecule has 0 atom stereocenters. The zero-order valence-corrected chi connectivity index (χ0v) is 15.8. The highest BCUT2D eigenvalue weighted by molar-refractivity contribution is 9.10. The van der Waals surface area contributed by atoms with Crippen molar-refractivity contribution in [1.29, 1.82) is 0 Å². The Morgan fingerprint density at radius 3 is 2.60 bits per heavy atom. The van der Waals surface area contributed by atoms with E-state index in [2.05, 4.69) is 31.8 Å². The molecule has 6 heteroatoms. The molecule has 0 heterocycles. The number of aryl methyl sites for hydroxylation is 2. The molecule has 0 radical (unpaired) electrons. The minimum absolute atomic E-state index is 0.0759. The van der Waals surface area contributed by atoms with Crippen LogP contribution in [0.15, 0.2) is 52.0 Å². The van der Waals surface area contributed by atoms with Crippen molar-refractivity contribution in [1.82, 2.24) is 5.43 Å². The van der Waals surface area contributed by atoms with Gasteiger partial charge in [-0.05, 0) is 48.7 Å². The van der Waals surface area contributed by atoms with E-state index >= 15 is 0 Å².